The van der Waals surface area contributed by atoms with E-state index in [2.05, 4.69) is 15.9 Å². The molecule has 1 unspecified atom stereocenters. The van der Waals surface area contributed by atoms with E-state index in [1.54, 1.807) is 19.2 Å². The van der Waals surface area contributed by atoms with Crippen molar-refractivity contribution in [1.82, 2.24) is 0 Å². The highest BCUT2D eigenvalue weighted by atomic mass is 79.9. The average molecular weight is 352 g/mol. The fourth-order valence-corrected chi connectivity index (χ4v) is 2.92. The lowest BCUT2D eigenvalue weighted by atomic mass is 9.93. The Balaban J connectivity index is 1.94. The molecule has 3 rings (SSSR count). The van der Waals surface area contributed by atoms with Gasteiger partial charge in [0.1, 0.15) is 23.4 Å². The van der Waals surface area contributed by atoms with Crippen molar-refractivity contribution >= 4 is 15.9 Å². The van der Waals surface area contributed by atoms with E-state index in [0.717, 1.165) is 22.6 Å². The minimum atomic E-state index is -0.291. The molecule has 2 aromatic carbocycles. The molecule has 0 saturated carbocycles. The van der Waals surface area contributed by atoms with Crippen molar-refractivity contribution in [3.63, 3.8) is 0 Å². The van der Waals surface area contributed by atoms with Gasteiger partial charge < -0.3 is 15.2 Å². The molecule has 1 aliphatic heterocycles. The maximum atomic E-state index is 13.4. The second kappa shape index (κ2) is 5.66. The zero-order valence-corrected chi connectivity index (χ0v) is 13.1. The van der Waals surface area contributed by atoms with Crippen LogP contribution >= 0.6 is 15.9 Å². The first kappa shape index (κ1) is 14.4. The normalized spacial score (nSPS) is 20.6. The summed E-state index contributed by atoms with van der Waals surface area (Å²) < 4.78 is 25.0. The van der Waals surface area contributed by atoms with Gasteiger partial charge in [-0.15, -0.1) is 0 Å². The molecular formula is C16H15BrFNO2. The lowest BCUT2D eigenvalue weighted by molar-refractivity contribution is 0.160. The number of benzene rings is 2. The highest BCUT2D eigenvalue weighted by Gasteiger charge is 2.27. The number of methoxy groups -OCH3 is 1. The molecule has 0 spiro atoms. The molecule has 1 heterocycles. The van der Waals surface area contributed by atoms with Crippen molar-refractivity contribution < 1.29 is 13.9 Å². The Morgan fingerprint density at radius 1 is 1.29 bits per heavy atom. The van der Waals surface area contributed by atoms with Gasteiger partial charge in [0.25, 0.3) is 0 Å². The highest BCUT2D eigenvalue weighted by Crippen LogP contribution is 2.41. The van der Waals surface area contributed by atoms with Gasteiger partial charge in [0, 0.05) is 24.1 Å². The first-order chi connectivity index (χ1) is 10.1. The predicted molar refractivity (Wildman–Crippen MR) is 82.0 cm³/mol. The van der Waals surface area contributed by atoms with Crippen LogP contribution in [0.5, 0.6) is 11.5 Å². The molecule has 5 heteroatoms. The SMILES string of the molecule is COc1ccc2c(c1)OC(c1ccc(F)c(Br)c1)C[C@H]2N. The molecule has 0 fully saturated rings. The van der Waals surface area contributed by atoms with E-state index in [1.165, 1.54) is 6.07 Å². The van der Waals surface area contributed by atoms with Crippen LogP contribution in [0.15, 0.2) is 40.9 Å². The van der Waals surface area contributed by atoms with E-state index in [0.29, 0.717) is 10.9 Å². The number of fused-ring (bicyclic) bond motifs is 1. The molecule has 0 aliphatic carbocycles. The van der Waals surface area contributed by atoms with Gasteiger partial charge in [-0.1, -0.05) is 12.1 Å². The number of ether oxygens (including phenoxy) is 2. The summed E-state index contributed by atoms with van der Waals surface area (Å²) in [5, 5.41) is 0. The molecule has 1 aliphatic rings. The molecule has 2 aromatic rings. The number of nitrogens with two attached hydrogens (primary N) is 1. The Morgan fingerprint density at radius 2 is 2.10 bits per heavy atom. The van der Waals surface area contributed by atoms with Gasteiger partial charge in [-0.25, -0.2) is 4.39 Å². The Labute approximate surface area is 131 Å². The fraction of sp³-hybridized carbons (Fsp3) is 0.250. The molecule has 0 aromatic heterocycles. The topological polar surface area (TPSA) is 44.5 Å². The van der Waals surface area contributed by atoms with E-state index < -0.39 is 0 Å². The number of hydrogen-bond donors (Lipinski definition) is 1. The molecule has 110 valence electrons. The Kier molecular flexibility index (Phi) is 3.87. The summed E-state index contributed by atoms with van der Waals surface area (Å²) in [6, 6.07) is 10.4. The van der Waals surface area contributed by atoms with Gasteiger partial charge in [-0.05, 0) is 39.7 Å². The first-order valence-electron chi connectivity index (χ1n) is 6.63. The monoisotopic (exact) mass is 351 g/mol. The average Bonchev–Trinajstić information content (AvgIpc) is 2.49. The van der Waals surface area contributed by atoms with Crippen LogP contribution in [-0.2, 0) is 0 Å². The maximum Gasteiger partial charge on any atom is 0.137 e. The van der Waals surface area contributed by atoms with Gasteiger partial charge in [0.15, 0.2) is 0 Å². The second-order valence-corrected chi connectivity index (χ2v) is 5.88. The summed E-state index contributed by atoms with van der Waals surface area (Å²) in [5.74, 6) is 1.15. The van der Waals surface area contributed by atoms with E-state index in [1.807, 2.05) is 18.2 Å². The van der Waals surface area contributed by atoms with Gasteiger partial charge in [-0.2, -0.15) is 0 Å². The first-order valence-corrected chi connectivity index (χ1v) is 7.43. The van der Waals surface area contributed by atoms with Crippen LogP contribution in [0.1, 0.15) is 29.7 Å². The van der Waals surface area contributed by atoms with Crippen LogP contribution in [0.25, 0.3) is 0 Å². The molecule has 0 amide bonds. The summed E-state index contributed by atoms with van der Waals surface area (Å²) in [7, 11) is 1.61. The van der Waals surface area contributed by atoms with Crippen LogP contribution in [0.3, 0.4) is 0 Å². The summed E-state index contributed by atoms with van der Waals surface area (Å²) in [5.41, 5.74) is 8.09. The Bertz CT molecular complexity index is 677. The zero-order valence-electron chi connectivity index (χ0n) is 11.5. The maximum absolute atomic E-state index is 13.4. The van der Waals surface area contributed by atoms with Crippen molar-refractivity contribution in [2.75, 3.05) is 7.11 Å². The van der Waals surface area contributed by atoms with Crippen LogP contribution in [0, 0.1) is 5.82 Å². The second-order valence-electron chi connectivity index (χ2n) is 5.03. The van der Waals surface area contributed by atoms with Gasteiger partial charge in [-0.3, -0.25) is 0 Å². The predicted octanol–water partition coefficient (Wildman–Crippen LogP) is 4.12. The molecule has 0 saturated heterocycles. The third kappa shape index (κ3) is 2.76. The highest BCUT2D eigenvalue weighted by molar-refractivity contribution is 9.10. The van der Waals surface area contributed by atoms with E-state index in [9.17, 15) is 4.39 Å². The molecule has 2 N–H and O–H groups in total. The molecular weight excluding hydrogens is 337 g/mol. The molecule has 0 radical (unpaired) electrons. The third-order valence-electron chi connectivity index (χ3n) is 3.67. The Morgan fingerprint density at radius 3 is 2.81 bits per heavy atom. The minimum Gasteiger partial charge on any atom is -0.497 e. The van der Waals surface area contributed by atoms with E-state index in [-0.39, 0.29) is 18.0 Å². The van der Waals surface area contributed by atoms with Crippen molar-refractivity contribution in [2.45, 2.75) is 18.6 Å². The summed E-state index contributed by atoms with van der Waals surface area (Å²) >= 11 is 3.20. The van der Waals surface area contributed by atoms with Crippen molar-refractivity contribution in [1.29, 1.82) is 0 Å². The van der Waals surface area contributed by atoms with Gasteiger partial charge in [0.05, 0.1) is 11.6 Å². The van der Waals surface area contributed by atoms with Crippen molar-refractivity contribution in [2.24, 2.45) is 5.73 Å². The Hall–Kier alpha value is -1.59. The summed E-state index contributed by atoms with van der Waals surface area (Å²) in [4.78, 5) is 0. The van der Waals surface area contributed by atoms with Crippen LogP contribution in [0.2, 0.25) is 0 Å². The summed E-state index contributed by atoms with van der Waals surface area (Å²) in [6.45, 7) is 0. The van der Waals surface area contributed by atoms with Crippen molar-refractivity contribution in [3.05, 3.63) is 57.8 Å². The van der Waals surface area contributed by atoms with E-state index >= 15 is 0 Å². The third-order valence-corrected chi connectivity index (χ3v) is 4.28. The van der Waals surface area contributed by atoms with E-state index in [4.69, 9.17) is 15.2 Å². The number of hydrogen-bond acceptors (Lipinski definition) is 3. The van der Waals surface area contributed by atoms with Crippen LogP contribution in [0.4, 0.5) is 4.39 Å². The zero-order chi connectivity index (χ0) is 15.0. The molecule has 21 heavy (non-hydrogen) atoms. The molecule has 3 nitrogen and oxygen atoms in total. The van der Waals surface area contributed by atoms with Crippen LogP contribution in [-0.4, -0.2) is 7.11 Å². The minimum absolute atomic E-state index is 0.117. The molecule has 0 bridgehead atoms. The van der Waals surface area contributed by atoms with Crippen LogP contribution < -0.4 is 15.2 Å². The smallest absolute Gasteiger partial charge is 0.137 e. The fourth-order valence-electron chi connectivity index (χ4n) is 2.53. The summed E-state index contributed by atoms with van der Waals surface area (Å²) in [6.07, 6.45) is 0.453. The quantitative estimate of drug-likeness (QED) is 0.884. The number of rotatable bonds is 2. The standard InChI is InChI=1S/C16H15BrFNO2/c1-20-10-3-4-11-14(19)8-15(21-16(11)7-10)9-2-5-13(18)12(17)6-9/h2-7,14-15H,8,19H2,1H3/t14-,15?/m1/s1. The number of halogens is 2. The van der Waals surface area contributed by atoms with Gasteiger partial charge >= 0.3 is 0 Å². The lowest BCUT2D eigenvalue weighted by Gasteiger charge is -2.31. The van der Waals surface area contributed by atoms with Crippen molar-refractivity contribution in [3.8, 4) is 11.5 Å². The largest absolute Gasteiger partial charge is 0.497 e. The van der Waals surface area contributed by atoms with Gasteiger partial charge in [0.2, 0.25) is 0 Å². The lowest BCUT2D eigenvalue weighted by Crippen LogP contribution is -2.24. The molecule has 2 atom stereocenters.